The maximum Gasteiger partial charge on any atom is 0.273 e. The number of nitrogens with zero attached hydrogens (tertiary/aromatic N) is 1. The van der Waals surface area contributed by atoms with Gasteiger partial charge in [-0.2, -0.15) is 0 Å². The average molecular weight is 301 g/mol. The molecule has 0 saturated carbocycles. The van der Waals surface area contributed by atoms with Gasteiger partial charge in [0.05, 0.1) is 6.54 Å². The Kier molecular flexibility index (Phi) is 5.20. The van der Waals surface area contributed by atoms with E-state index >= 15 is 0 Å². The van der Waals surface area contributed by atoms with Crippen molar-refractivity contribution in [3.05, 3.63) is 17.9 Å². The average Bonchev–Trinajstić information content (AvgIpc) is 2.88. The number of hydrogen-bond donors (Lipinski definition) is 2. The Hall–Kier alpha value is -0.890. The zero-order valence-corrected chi connectivity index (χ0v) is 12.9. The molecule has 0 amide bonds. The van der Waals surface area contributed by atoms with E-state index < -0.39 is 10.0 Å². The van der Waals surface area contributed by atoms with E-state index in [-0.39, 0.29) is 5.09 Å². The Balaban J connectivity index is 1.90. The van der Waals surface area contributed by atoms with Crippen LogP contribution in [-0.2, 0) is 16.6 Å². The SMILES string of the molecule is CNCc1ccc(S(=O)(=O)NCC2CCN(C)CC2)o1. The largest absolute Gasteiger partial charge is 0.447 e. The molecular weight excluding hydrogens is 278 g/mol. The van der Waals surface area contributed by atoms with Crippen molar-refractivity contribution >= 4 is 10.0 Å². The lowest BCUT2D eigenvalue weighted by molar-refractivity contribution is 0.220. The van der Waals surface area contributed by atoms with Crippen molar-refractivity contribution in [3.63, 3.8) is 0 Å². The first-order valence-corrected chi connectivity index (χ1v) is 8.41. The second-order valence-electron chi connectivity index (χ2n) is 5.35. The molecule has 2 heterocycles. The number of hydrogen-bond acceptors (Lipinski definition) is 5. The Morgan fingerprint density at radius 2 is 2.05 bits per heavy atom. The molecule has 2 N–H and O–H groups in total. The van der Waals surface area contributed by atoms with Gasteiger partial charge in [0.25, 0.3) is 10.0 Å². The van der Waals surface area contributed by atoms with Crippen molar-refractivity contribution < 1.29 is 12.8 Å². The quantitative estimate of drug-likeness (QED) is 0.806. The van der Waals surface area contributed by atoms with E-state index in [4.69, 9.17) is 4.42 Å². The lowest BCUT2D eigenvalue weighted by Gasteiger charge is -2.28. The summed E-state index contributed by atoms with van der Waals surface area (Å²) in [6.45, 7) is 3.06. The zero-order valence-electron chi connectivity index (χ0n) is 12.1. The normalized spacial score (nSPS) is 18.5. The highest BCUT2D eigenvalue weighted by molar-refractivity contribution is 7.89. The molecular formula is C13H23N3O3S. The zero-order chi connectivity index (χ0) is 14.6. The van der Waals surface area contributed by atoms with Gasteiger partial charge in [0.15, 0.2) is 0 Å². The van der Waals surface area contributed by atoms with Crippen molar-refractivity contribution in [1.29, 1.82) is 0 Å². The van der Waals surface area contributed by atoms with Gasteiger partial charge in [0.1, 0.15) is 5.76 Å². The molecule has 6 nitrogen and oxygen atoms in total. The van der Waals surface area contributed by atoms with Gasteiger partial charge >= 0.3 is 0 Å². The molecule has 1 aromatic rings. The number of furan rings is 1. The number of sulfonamides is 1. The summed E-state index contributed by atoms with van der Waals surface area (Å²) in [5.74, 6) is 1.03. The van der Waals surface area contributed by atoms with Gasteiger partial charge in [-0.1, -0.05) is 0 Å². The van der Waals surface area contributed by atoms with Gasteiger partial charge in [-0.25, -0.2) is 13.1 Å². The van der Waals surface area contributed by atoms with Crippen LogP contribution in [0, 0.1) is 5.92 Å². The molecule has 0 aliphatic carbocycles. The predicted octanol–water partition coefficient (Wildman–Crippen LogP) is 0.619. The van der Waals surface area contributed by atoms with Crippen LogP contribution >= 0.6 is 0 Å². The van der Waals surface area contributed by atoms with Gasteiger partial charge in [-0.15, -0.1) is 0 Å². The summed E-state index contributed by atoms with van der Waals surface area (Å²) in [5.41, 5.74) is 0. The van der Waals surface area contributed by atoms with E-state index in [1.165, 1.54) is 6.07 Å². The van der Waals surface area contributed by atoms with E-state index in [0.717, 1.165) is 25.9 Å². The molecule has 114 valence electrons. The molecule has 1 aliphatic rings. The summed E-state index contributed by atoms with van der Waals surface area (Å²) in [6.07, 6.45) is 2.06. The van der Waals surface area contributed by atoms with Crippen molar-refractivity contribution in [3.8, 4) is 0 Å². The molecule has 0 spiro atoms. The summed E-state index contributed by atoms with van der Waals surface area (Å²) in [5, 5.41) is 2.92. The van der Waals surface area contributed by atoms with Crippen LogP contribution in [0.5, 0.6) is 0 Å². The third-order valence-electron chi connectivity index (χ3n) is 3.65. The minimum absolute atomic E-state index is 0.00400. The summed E-state index contributed by atoms with van der Waals surface area (Å²) < 4.78 is 32.2. The maximum atomic E-state index is 12.1. The van der Waals surface area contributed by atoms with Crippen LogP contribution < -0.4 is 10.0 Å². The van der Waals surface area contributed by atoms with Crippen LogP contribution in [0.2, 0.25) is 0 Å². The van der Waals surface area contributed by atoms with E-state index in [2.05, 4.69) is 22.0 Å². The first-order chi connectivity index (χ1) is 9.51. The molecule has 1 saturated heterocycles. The standard InChI is InChI=1S/C13H23N3O3S/c1-14-10-12-3-4-13(19-12)20(17,18)15-9-11-5-7-16(2)8-6-11/h3-4,11,14-15H,5-10H2,1-2H3. The number of likely N-dealkylation sites (tertiary alicyclic amines) is 1. The molecule has 0 atom stereocenters. The molecule has 0 bridgehead atoms. The molecule has 7 heteroatoms. The highest BCUT2D eigenvalue weighted by Gasteiger charge is 2.22. The maximum absolute atomic E-state index is 12.1. The number of nitrogens with one attached hydrogen (secondary N) is 2. The van der Waals surface area contributed by atoms with Crippen LogP contribution in [0.25, 0.3) is 0 Å². The summed E-state index contributed by atoms with van der Waals surface area (Å²) in [7, 11) is 0.348. The van der Waals surface area contributed by atoms with Gasteiger partial charge in [-0.3, -0.25) is 0 Å². The van der Waals surface area contributed by atoms with E-state index in [0.29, 0.717) is 24.8 Å². The fraction of sp³-hybridized carbons (Fsp3) is 0.692. The Morgan fingerprint density at radius 3 is 2.70 bits per heavy atom. The summed E-state index contributed by atoms with van der Waals surface area (Å²) in [4.78, 5) is 2.27. The van der Waals surface area contributed by atoms with E-state index in [9.17, 15) is 8.42 Å². The van der Waals surface area contributed by atoms with Crippen LogP contribution in [0.4, 0.5) is 0 Å². The van der Waals surface area contributed by atoms with Crippen LogP contribution in [-0.4, -0.2) is 47.0 Å². The van der Waals surface area contributed by atoms with Gasteiger partial charge in [-0.05, 0) is 58.1 Å². The predicted molar refractivity (Wildman–Crippen MR) is 76.9 cm³/mol. The van der Waals surface area contributed by atoms with Crippen LogP contribution in [0.15, 0.2) is 21.6 Å². The van der Waals surface area contributed by atoms with Gasteiger partial charge < -0.3 is 14.6 Å². The minimum Gasteiger partial charge on any atom is -0.447 e. The Morgan fingerprint density at radius 1 is 1.35 bits per heavy atom. The van der Waals surface area contributed by atoms with Crippen molar-refractivity contribution in [2.75, 3.05) is 33.7 Å². The lowest BCUT2D eigenvalue weighted by atomic mass is 9.98. The molecule has 2 rings (SSSR count). The van der Waals surface area contributed by atoms with Crippen molar-refractivity contribution in [2.24, 2.45) is 5.92 Å². The highest BCUT2D eigenvalue weighted by Crippen LogP contribution is 2.17. The van der Waals surface area contributed by atoms with Crippen molar-refractivity contribution in [1.82, 2.24) is 14.9 Å². The lowest BCUT2D eigenvalue weighted by Crippen LogP contribution is -2.36. The van der Waals surface area contributed by atoms with E-state index in [1.54, 1.807) is 13.1 Å². The Labute approximate surface area is 120 Å². The number of rotatable bonds is 6. The fourth-order valence-corrected chi connectivity index (χ4v) is 3.40. The molecule has 20 heavy (non-hydrogen) atoms. The minimum atomic E-state index is -3.53. The Bertz CT molecular complexity index is 519. The fourth-order valence-electron chi connectivity index (χ4n) is 2.34. The monoisotopic (exact) mass is 301 g/mol. The smallest absolute Gasteiger partial charge is 0.273 e. The molecule has 1 aliphatic heterocycles. The first kappa shape index (κ1) is 15.5. The van der Waals surface area contributed by atoms with Gasteiger partial charge in [0, 0.05) is 6.54 Å². The number of piperidine rings is 1. The second-order valence-corrected chi connectivity index (χ2v) is 7.05. The van der Waals surface area contributed by atoms with Crippen LogP contribution in [0.3, 0.4) is 0 Å². The second kappa shape index (κ2) is 6.71. The molecule has 0 unspecified atom stereocenters. The molecule has 1 aromatic heterocycles. The molecule has 1 fully saturated rings. The topological polar surface area (TPSA) is 74.6 Å². The molecule has 0 aromatic carbocycles. The van der Waals surface area contributed by atoms with Crippen LogP contribution in [0.1, 0.15) is 18.6 Å². The summed E-state index contributed by atoms with van der Waals surface area (Å²) in [6, 6.07) is 3.18. The highest BCUT2D eigenvalue weighted by atomic mass is 32.2. The third kappa shape index (κ3) is 4.05. The third-order valence-corrected chi connectivity index (χ3v) is 4.95. The first-order valence-electron chi connectivity index (χ1n) is 6.93. The van der Waals surface area contributed by atoms with Crippen molar-refractivity contribution in [2.45, 2.75) is 24.5 Å². The van der Waals surface area contributed by atoms with Gasteiger partial charge in [0.2, 0.25) is 5.09 Å². The summed E-state index contributed by atoms with van der Waals surface area (Å²) >= 11 is 0. The molecule has 0 radical (unpaired) electrons. The van der Waals surface area contributed by atoms with E-state index in [1.807, 2.05) is 0 Å².